The second kappa shape index (κ2) is 4.50. The van der Waals surface area contributed by atoms with Gasteiger partial charge in [0.25, 0.3) is 0 Å². The maximum atomic E-state index is 13.5. The number of halogens is 1. The van der Waals surface area contributed by atoms with E-state index in [9.17, 15) is 4.39 Å². The van der Waals surface area contributed by atoms with Crippen LogP contribution in [0.25, 0.3) is 0 Å². The molecule has 0 amide bonds. The minimum atomic E-state index is -1.93. The Kier molecular flexibility index (Phi) is 3.24. The Morgan fingerprint density at radius 3 is 2.50 bits per heavy atom. The molecule has 2 bridgehead atoms. The van der Waals surface area contributed by atoms with Gasteiger partial charge in [0.1, 0.15) is 0 Å². The zero-order valence-corrected chi connectivity index (χ0v) is 14.5. The molecule has 0 unspecified atom stereocenters. The Morgan fingerprint density at radius 1 is 1.11 bits per heavy atom. The van der Waals surface area contributed by atoms with Crippen molar-refractivity contribution < 1.29 is 4.39 Å². The van der Waals surface area contributed by atoms with Crippen LogP contribution in [0.5, 0.6) is 0 Å². The van der Waals surface area contributed by atoms with E-state index >= 15 is 0 Å². The molecule has 0 aliphatic heterocycles. The minimum absolute atomic E-state index is 0.0573. The van der Waals surface area contributed by atoms with Crippen LogP contribution in [0.15, 0.2) is 24.3 Å². The molecular weight excluding hydrogens is 330 g/mol. The van der Waals surface area contributed by atoms with Crippen LogP contribution in [0.2, 0.25) is 18.8 Å². The fourth-order valence-corrected chi connectivity index (χ4v) is 14.0. The second-order valence-electron chi connectivity index (χ2n) is 7.31. The van der Waals surface area contributed by atoms with Gasteiger partial charge < -0.3 is 0 Å². The quantitative estimate of drug-likeness (QED) is 0.653. The van der Waals surface area contributed by atoms with E-state index in [0.717, 1.165) is 15.8 Å². The van der Waals surface area contributed by atoms with Gasteiger partial charge in [-0.25, -0.2) is 0 Å². The van der Waals surface area contributed by atoms with Crippen molar-refractivity contribution in [3.8, 4) is 0 Å². The van der Waals surface area contributed by atoms with Gasteiger partial charge >= 0.3 is 114 Å². The summed E-state index contributed by atoms with van der Waals surface area (Å²) in [6.45, 7) is 0. The molecule has 1 aromatic carbocycles. The van der Waals surface area contributed by atoms with Crippen molar-refractivity contribution in [1.82, 2.24) is 0 Å². The molecule has 2 fully saturated rings. The zero-order chi connectivity index (χ0) is 12.9. The van der Waals surface area contributed by atoms with E-state index in [1.807, 2.05) is 6.07 Å². The zero-order valence-electron chi connectivity index (χ0n) is 11.6. The molecule has 0 saturated heterocycles. The third-order valence-corrected chi connectivity index (χ3v) is 13.2. The van der Waals surface area contributed by atoms with Crippen LogP contribution in [-0.2, 0) is 0 Å². The molecule has 0 radical (unpaired) electrons. The third kappa shape index (κ3) is 2.13. The molecule has 2 saturated carbocycles. The summed E-state index contributed by atoms with van der Waals surface area (Å²) in [5, 5.41) is 0. The van der Waals surface area contributed by atoms with Crippen LogP contribution >= 0.6 is 0 Å². The standard InChI is InChI=1S/C13H14F.3CH3.Sn/c14-12-3-1-2-10(8-12)13-7-9-4-5-11(13)6-9;;;;/h1-3,7-9,11,13H,4-6H2;3*1H3;/t9-,11+,13-;;;;/m1..../s1. The molecule has 0 aromatic heterocycles. The first kappa shape index (κ1) is 13.0. The van der Waals surface area contributed by atoms with Crippen LogP contribution in [0.3, 0.4) is 0 Å². The van der Waals surface area contributed by atoms with Gasteiger partial charge in [-0.3, -0.25) is 0 Å². The van der Waals surface area contributed by atoms with Crippen molar-refractivity contribution in [1.29, 1.82) is 0 Å². The van der Waals surface area contributed by atoms with E-state index in [-0.39, 0.29) is 5.82 Å². The molecule has 1 aromatic rings. The van der Waals surface area contributed by atoms with Crippen molar-refractivity contribution in [3.63, 3.8) is 0 Å². The Morgan fingerprint density at radius 2 is 1.83 bits per heavy atom. The number of fused-ring (bicyclic) bond motifs is 2. The summed E-state index contributed by atoms with van der Waals surface area (Å²) in [5.74, 6) is 2.42. The number of hydrogen-bond donors (Lipinski definition) is 0. The van der Waals surface area contributed by atoms with Crippen molar-refractivity contribution in [2.75, 3.05) is 0 Å². The maximum absolute atomic E-state index is 13.5. The molecular formula is C16H23FSn. The van der Waals surface area contributed by atoms with Gasteiger partial charge in [-0.05, 0) is 0 Å². The normalized spacial score (nSPS) is 35.1. The monoisotopic (exact) mass is 354 g/mol. The van der Waals surface area contributed by atoms with Gasteiger partial charge in [-0.2, -0.15) is 0 Å². The van der Waals surface area contributed by atoms with Crippen molar-refractivity contribution in [3.05, 3.63) is 35.6 Å². The van der Waals surface area contributed by atoms with Gasteiger partial charge in [-0.15, -0.1) is 0 Å². The Balaban J connectivity index is 1.99. The van der Waals surface area contributed by atoms with Crippen molar-refractivity contribution in [2.45, 2.75) is 43.9 Å². The Bertz CT molecular complexity index is 449. The van der Waals surface area contributed by atoms with E-state index in [0.29, 0.717) is 5.92 Å². The van der Waals surface area contributed by atoms with Gasteiger partial charge in [-0.1, -0.05) is 0 Å². The van der Waals surface area contributed by atoms with Crippen LogP contribution in [-0.4, -0.2) is 18.4 Å². The van der Waals surface area contributed by atoms with Gasteiger partial charge in [0.15, 0.2) is 0 Å². The molecule has 98 valence electrons. The second-order valence-corrected chi connectivity index (χ2v) is 22.7. The number of benzene rings is 1. The fraction of sp³-hybridized carbons (Fsp3) is 0.625. The summed E-state index contributed by atoms with van der Waals surface area (Å²) in [7, 11) is 0. The van der Waals surface area contributed by atoms with Crippen LogP contribution in [0, 0.1) is 17.7 Å². The number of rotatable bonds is 2. The third-order valence-electron chi connectivity index (χ3n) is 5.15. The Labute approximate surface area is 114 Å². The summed E-state index contributed by atoms with van der Waals surface area (Å²) in [5.41, 5.74) is 1.29. The molecule has 0 nitrogen and oxygen atoms in total. The molecule has 2 aliphatic rings. The Hall–Kier alpha value is -0.0513. The van der Waals surface area contributed by atoms with Gasteiger partial charge in [0, 0.05) is 0 Å². The fourth-order valence-electron chi connectivity index (χ4n) is 4.73. The molecule has 0 heterocycles. The summed E-state index contributed by atoms with van der Waals surface area (Å²) < 4.78 is 14.4. The van der Waals surface area contributed by atoms with Gasteiger partial charge in [0.2, 0.25) is 0 Å². The van der Waals surface area contributed by atoms with Crippen molar-refractivity contribution >= 4 is 18.4 Å². The topological polar surface area (TPSA) is 0 Å². The molecule has 3 rings (SSSR count). The van der Waals surface area contributed by atoms with E-state index in [1.54, 1.807) is 12.1 Å². The molecule has 2 aliphatic carbocycles. The van der Waals surface area contributed by atoms with Crippen LogP contribution in [0.1, 0.15) is 30.7 Å². The summed E-state index contributed by atoms with van der Waals surface area (Å²) in [6, 6.07) is 7.44. The van der Waals surface area contributed by atoms with E-state index in [1.165, 1.54) is 24.8 Å². The van der Waals surface area contributed by atoms with Crippen LogP contribution in [0.4, 0.5) is 4.39 Å². The van der Waals surface area contributed by atoms with Crippen LogP contribution < -0.4 is 0 Å². The number of hydrogen-bond acceptors (Lipinski definition) is 0. The predicted octanol–water partition coefficient (Wildman–Crippen LogP) is 5.05. The predicted molar refractivity (Wildman–Crippen MR) is 77.1 cm³/mol. The first-order valence-corrected chi connectivity index (χ1v) is 17.4. The molecule has 18 heavy (non-hydrogen) atoms. The average molecular weight is 353 g/mol. The van der Waals surface area contributed by atoms with E-state index < -0.39 is 18.4 Å². The first-order valence-electron chi connectivity index (χ1n) is 7.22. The average Bonchev–Trinajstić information content (AvgIpc) is 2.87. The summed E-state index contributed by atoms with van der Waals surface area (Å²) >= 11 is -1.93. The SMILES string of the molecule is [CH3][Sn]([CH3])([CH3])[C@H]1[C@@H]2CC[C@@H](C2)[C@H]1c1cccc(F)c1. The summed E-state index contributed by atoms with van der Waals surface area (Å²) in [6.07, 6.45) is 4.24. The first-order chi connectivity index (χ1) is 8.47. The summed E-state index contributed by atoms with van der Waals surface area (Å²) in [4.78, 5) is 7.69. The molecule has 0 N–H and O–H groups in total. The molecule has 4 atom stereocenters. The van der Waals surface area contributed by atoms with E-state index in [2.05, 4.69) is 20.9 Å². The molecule has 0 spiro atoms. The van der Waals surface area contributed by atoms with E-state index in [4.69, 9.17) is 0 Å². The van der Waals surface area contributed by atoms with Crippen molar-refractivity contribution in [2.24, 2.45) is 11.8 Å². The molecule has 2 heteroatoms. The van der Waals surface area contributed by atoms with Gasteiger partial charge in [0.05, 0.1) is 0 Å².